The smallest absolute Gasteiger partial charge is 0.00175 e. The second-order valence-corrected chi connectivity index (χ2v) is 4.42. The van der Waals surface area contributed by atoms with Gasteiger partial charge in [0.25, 0.3) is 0 Å². The highest BCUT2D eigenvalue weighted by Gasteiger charge is 2.48. The predicted molar refractivity (Wildman–Crippen MR) is 40.7 cm³/mol. The van der Waals surface area contributed by atoms with Crippen molar-refractivity contribution in [2.24, 2.45) is 23.7 Å². The van der Waals surface area contributed by atoms with Crippen LogP contribution in [0.5, 0.6) is 0 Å². The molecule has 2 unspecified atom stereocenters. The van der Waals surface area contributed by atoms with Crippen molar-refractivity contribution in [3.05, 3.63) is 0 Å². The molecule has 4 aliphatic rings. The molecule has 56 valence electrons. The summed E-state index contributed by atoms with van der Waals surface area (Å²) in [5, 5.41) is 3.57. The molecule has 4 rings (SSSR count). The molecule has 1 N–H and O–H groups in total. The van der Waals surface area contributed by atoms with E-state index in [2.05, 4.69) is 5.32 Å². The van der Waals surface area contributed by atoms with Crippen molar-refractivity contribution in [2.45, 2.75) is 19.3 Å². The lowest BCUT2D eigenvalue weighted by molar-refractivity contribution is 0.144. The summed E-state index contributed by atoms with van der Waals surface area (Å²) in [6.07, 6.45) is 4.65. The minimum Gasteiger partial charge on any atom is -0.316 e. The second-order valence-electron chi connectivity index (χ2n) is 4.42. The summed E-state index contributed by atoms with van der Waals surface area (Å²) >= 11 is 0. The molecule has 4 fully saturated rings. The van der Waals surface area contributed by atoms with Crippen molar-refractivity contribution in [3.63, 3.8) is 0 Å². The van der Waals surface area contributed by atoms with Gasteiger partial charge >= 0.3 is 0 Å². The molecular weight excluding hydrogens is 122 g/mol. The molecule has 0 aromatic heterocycles. The van der Waals surface area contributed by atoms with Crippen LogP contribution in [0.1, 0.15) is 19.3 Å². The highest BCUT2D eigenvalue weighted by Crippen LogP contribution is 2.54. The van der Waals surface area contributed by atoms with E-state index in [9.17, 15) is 0 Å². The van der Waals surface area contributed by atoms with Crippen LogP contribution in [0.15, 0.2) is 0 Å². The summed E-state index contributed by atoms with van der Waals surface area (Å²) in [5.41, 5.74) is 0. The van der Waals surface area contributed by atoms with Crippen LogP contribution < -0.4 is 5.32 Å². The molecule has 2 aliphatic carbocycles. The van der Waals surface area contributed by atoms with Gasteiger partial charge in [-0.2, -0.15) is 0 Å². The molecule has 1 heteroatoms. The zero-order valence-corrected chi connectivity index (χ0v) is 6.34. The van der Waals surface area contributed by atoms with Crippen molar-refractivity contribution in [1.29, 1.82) is 0 Å². The summed E-state index contributed by atoms with van der Waals surface area (Å²) in [5.74, 6) is 4.47. The fourth-order valence-electron chi connectivity index (χ4n) is 2.86. The summed E-state index contributed by atoms with van der Waals surface area (Å²) in [4.78, 5) is 0. The van der Waals surface area contributed by atoms with E-state index < -0.39 is 0 Å². The van der Waals surface area contributed by atoms with Crippen LogP contribution in [-0.4, -0.2) is 13.1 Å². The molecule has 0 aromatic carbocycles. The summed E-state index contributed by atoms with van der Waals surface area (Å²) in [7, 11) is 0. The largest absolute Gasteiger partial charge is 0.316 e. The van der Waals surface area contributed by atoms with Crippen molar-refractivity contribution < 1.29 is 0 Å². The first-order valence-corrected chi connectivity index (χ1v) is 4.64. The molecule has 2 aliphatic heterocycles. The van der Waals surface area contributed by atoms with Gasteiger partial charge in [0.1, 0.15) is 0 Å². The van der Waals surface area contributed by atoms with Crippen LogP contribution >= 0.6 is 0 Å². The molecule has 2 heterocycles. The van der Waals surface area contributed by atoms with Crippen LogP contribution in [0.2, 0.25) is 0 Å². The van der Waals surface area contributed by atoms with E-state index in [0.29, 0.717) is 0 Å². The monoisotopic (exact) mass is 137 g/mol. The molecule has 10 heavy (non-hydrogen) atoms. The third-order valence-electron chi connectivity index (χ3n) is 3.69. The van der Waals surface area contributed by atoms with E-state index in [4.69, 9.17) is 0 Å². The fraction of sp³-hybridized carbons (Fsp3) is 1.00. The number of nitrogens with one attached hydrogen (secondary N) is 1. The van der Waals surface area contributed by atoms with E-state index in [0.717, 1.165) is 23.7 Å². The van der Waals surface area contributed by atoms with Crippen LogP contribution in [0.3, 0.4) is 0 Å². The quantitative estimate of drug-likeness (QED) is 0.530. The minimum atomic E-state index is 1.06. The molecule has 0 amide bonds. The Labute approximate surface area is 62.2 Å². The Morgan fingerprint density at radius 2 is 1.80 bits per heavy atom. The molecule has 2 saturated carbocycles. The molecule has 0 radical (unpaired) electrons. The number of hydrogen-bond acceptors (Lipinski definition) is 1. The molecule has 2 bridgehead atoms. The standard InChI is InChI=1S/C9H15N/c1-6-2-7(1)9-3-8(9)5-10-4-6/h6-10H,1-5H2. The molecule has 0 aromatic rings. The average molecular weight is 137 g/mol. The van der Waals surface area contributed by atoms with Gasteiger partial charge in [-0.1, -0.05) is 0 Å². The van der Waals surface area contributed by atoms with Gasteiger partial charge in [-0.05, 0) is 56.0 Å². The number of rotatable bonds is 0. The van der Waals surface area contributed by atoms with E-state index in [1.165, 1.54) is 13.1 Å². The second kappa shape index (κ2) is 1.76. The lowest BCUT2D eigenvalue weighted by Crippen LogP contribution is -2.38. The highest BCUT2D eigenvalue weighted by atomic mass is 14.9. The van der Waals surface area contributed by atoms with Crippen molar-refractivity contribution >= 4 is 0 Å². The normalized spacial score (nSPS) is 57.6. The maximum absolute atomic E-state index is 3.57. The Kier molecular flexibility index (Phi) is 0.984. The van der Waals surface area contributed by atoms with Gasteiger partial charge in [-0.3, -0.25) is 0 Å². The topological polar surface area (TPSA) is 12.0 Å². The van der Waals surface area contributed by atoms with Gasteiger partial charge in [-0.25, -0.2) is 0 Å². The molecular formula is C9H15N. The van der Waals surface area contributed by atoms with Gasteiger partial charge < -0.3 is 5.32 Å². The van der Waals surface area contributed by atoms with Gasteiger partial charge in [0.15, 0.2) is 0 Å². The Hall–Kier alpha value is -0.0400. The van der Waals surface area contributed by atoms with Gasteiger partial charge in [0.2, 0.25) is 0 Å². The Balaban J connectivity index is 1.74. The predicted octanol–water partition coefficient (Wildman–Crippen LogP) is 1.25. The van der Waals surface area contributed by atoms with Gasteiger partial charge in [-0.15, -0.1) is 0 Å². The Morgan fingerprint density at radius 3 is 2.70 bits per heavy atom. The third-order valence-corrected chi connectivity index (χ3v) is 3.69. The molecule has 1 nitrogen and oxygen atoms in total. The Morgan fingerprint density at radius 1 is 0.900 bits per heavy atom. The summed E-state index contributed by atoms with van der Waals surface area (Å²) in [6, 6.07) is 0. The lowest BCUT2D eigenvalue weighted by Gasteiger charge is -2.38. The zero-order chi connectivity index (χ0) is 6.55. The maximum Gasteiger partial charge on any atom is -0.00175 e. The van der Waals surface area contributed by atoms with Crippen LogP contribution in [0, 0.1) is 23.7 Å². The van der Waals surface area contributed by atoms with E-state index >= 15 is 0 Å². The van der Waals surface area contributed by atoms with E-state index in [-0.39, 0.29) is 0 Å². The minimum absolute atomic E-state index is 1.06. The first kappa shape index (κ1) is 5.59. The Bertz CT molecular complexity index is 149. The lowest BCUT2D eigenvalue weighted by atomic mass is 9.71. The fourth-order valence-corrected chi connectivity index (χ4v) is 2.86. The first-order valence-electron chi connectivity index (χ1n) is 4.64. The van der Waals surface area contributed by atoms with Crippen molar-refractivity contribution in [2.75, 3.05) is 13.1 Å². The number of hydrogen-bond donors (Lipinski definition) is 1. The summed E-state index contributed by atoms with van der Waals surface area (Å²) < 4.78 is 0. The van der Waals surface area contributed by atoms with Crippen LogP contribution in [-0.2, 0) is 0 Å². The molecule has 2 atom stereocenters. The van der Waals surface area contributed by atoms with E-state index in [1.807, 2.05) is 0 Å². The molecule has 2 saturated heterocycles. The maximum atomic E-state index is 3.57. The highest BCUT2D eigenvalue weighted by molar-refractivity contribution is 5.00. The zero-order valence-electron chi connectivity index (χ0n) is 6.34. The van der Waals surface area contributed by atoms with Gasteiger partial charge in [0.05, 0.1) is 0 Å². The first-order chi connectivity index (χ1) is 4.93. The molecule has 0 spiro atoms. The summed E-state index contributed by atoms with van der Waals surface area (Å²) in [6.45, 7) is 2.65. The van der Waals surface area contributed by atoms with E-state index in [1.54, 1.807) is 19.3 Å². The van der Waals surface area contributed by atoms with Crippen molar-refractivity contribution in [1.82, 2.24) is 5.32 Å². The SMILES string of the molecule is C1NCC2CC2C2CC1C2. The third kappa shape index (κ3) is 0.672. The van der Waals surface area contributed by atoms with Crippen LogP contribution in [0.25, 0.3) is 0 Å². The van der Waals surface area contributed by atoms with Crippen molar-refractivity contribution in [3.8, 4) is 0 Å². The average Bonchev–Trinajstić information content (AvgIpc) is 2.40. The number of fused-ring (bicyclic) bond motifs is 2. The van der Waals surface area contributed by atoms with Gasteiger partial charge in [0, 0.05) is 0 Å². The van der Waals surface area contributed by atoms with Crippen LogP contribution in [0.4, 0.5) is 0 Å².